The van der Waals surface area contributed by atoms with E-state index in [-0.39, 0.29) is 11.7 Å². The van der Waals surface area contributed by atoms with Crippen LogP contribution in [0.2, 0.25) is 0 Å². The summed E-state index contributed by atoms with van der Waals surface area (Å²) in [6.07, 6.45) is 3.05. The van der Waals surface area contributed by atoms with Gasteiger partial charge in [0.25, 0.3) is 0 Å². The number of hydrogen-bond donors (Lipinski definition) is 0. The maximum atomic E-state index is 13.3. The van der Waals surface area contributed by atoms with Crippen molar-refractivity contribution in [1.82, 2.24) is 4.90 Å². The fourth-order valence-corrected chi connectivity index (χ4v) is 3.90. The SMILES string of the molecule is O=C(CCN1CCCC1)N1CCN(c2ccc(F)cc2)c2ccccc21. The Hall–Kier alpha value is -2.40. The Bertz CT molecular complexity index is 771. The molecule has 1 saturated heterocycles. The number of likely N-dealkylation sites (tertiary alicyclic amines) is 1. The van der Waals surface area contributed by atoms with Crippen molar-refractivity contribution in [2.45, 2.75) is 19.3 Å². The van der Waals surface area contributed by atoms with Crippen LogP contribution in [0.3, 0.4) is 0 Å². The van der Waals surface area contributed by atoms with E-state index in [0.717, 1.165) is 36.7 Å². The lowest BCUT2D eigenvalue weighted by Crippen LogP contribution is -2.43. The molecule has 26 heavy (non-hydrogen) atoms. The predicted octanol–water partition coefficient (Wildman–Crippen LogP) is 3.80. The van der Waals surface area contributed by atoms with Crippen LogP contribution in [0.15, 0.2) is 48.5 Å². The third-order valence-electron chi connectivity index (χ3n) is 5.29. The van der Waals surface area contributed by atoms with Crippen LogP contribution in [0.5, 0.6) is 0 Å². The lowest BCUT2D eigenvalue weighted by Gasteiger charge is -2.38. The molecule has 0 radical (unpaired) electrons. The molecule has 136 valence electrons. The van der Waals surface area contributed by atoms with Crippen molar-refractivity contribution in [2.75, 3.05) is 42.5 Å². The molecular formula is C21H24FN3O. The molecule has 2 aliphatic rings. The largest absolute Gasteiger partial charge is 0.338 e. The molecule has 5 heteroatoms. The standard InChI is InChI=1S/C21H24FN3O/c22-17-7-9-18(10-8-17)24-15-16-25(20-6-2-1-5-19(20)24)21(26)11-14-23-12-3-4-13-23/h1-2,5-10H,3-4,11-16H2. The third-order valence-corrected chi connectivity index (χ3v) is 5.29. The van der Waals surface area contributed by atoms with E-state index >= 15 is 0 Å². The summed E-state index contributed by atoms with van der Waals surface area (Å²) in [6.45, 7) is 4.43. The van der Waals surface area contributed by atoms with Crippen molar-refractivity contribution in [3.8, 4) is 0 Å². The van der Waals surface area contributed by atoms with Crippen LogP contribution in [-0.4, -0.2) is 43.5 Å². The second-order valence-corrected chi connectivity index (χ2v) is 6.96. The van der Waals surface area contributed by atoms with E-state index in [1.165, 1.54) is 25.0 Å². The predicted molar refractivity (Wildman–Crippen MR) is 102 cm³/mol. The maximum Gasteiger partial charge on any atom is 0.228 e. The van der Waals surface area contributed by atoms with Crippen LogP contribution in [0, 0.1) is 5.82 Å². The summed E-state index contributed by atoms with van der Waals surface area (Å²) >= 11 is 0. The normalized spacial score (nSPS) is 17.4. The summed E-state index contributed by atoms with van der Waals surface area (Å²) in [4.78, 5) is 19.3. The first-order valence-electron chi connectivity index (χ1n) is 9.37. The number of carbonyl (C=O) groups excluding carboxylic acids is 1. The number of anilines is 3. The van der Waals surface area contributed by atoms with Gasteiger partial charge in [-0.2, -0.15) is 0 Å². The highest BCUT2D eigenvalue weighted by atomic mass is 19.1. The van der Waals surface area contributed by atoms with E-state index in [9.17, 15) is 9.18 Å². The Kier molecular flexibility index (Phi) is 4.89. The van der Waals surface area contributed by atoms with Crippen LogP contribution in [0.1, 0.15) is 19.3 Å². The molecule has 0 N–H and O–H groups in total. The quantitative estimate of drug-likeness (QED) is 0.837. The van der Waals surface area contributed by atoms with E-state index < -0.39 is 0 Å². The van der Waals surface area contributed by atoms with Crippen molar-refractivity contribution in [2.24, 2.45) is 0 Å². The molecule has 0 bridgehead atoms. The summed E-state index contributed by atoms with van der Waals surface area (Å²) in [5.41, 5.74) is 2.89. The number of benzene rings is 2. The first-order chi connectivity index (χ1) is 12.7. The highest BCUT2D eigenvalue weighted by Crippen LogP contribution is 2.37. The molecular weight excluding hydrogens is 329 g/mol. The van der Waals surface area contributed by atoms with Crippen LogP contribution in [0.25, 0.3) is 0 Å². The Morgan fingerprint density at radius 3 is 2.31 bits per heavy atom. The fraction of sp³-hybridized carbons (Fsp3) is 0.381. The second-order valence-electron chi connectivity index (χ2n) is 6.96. The van der Waals surface area contributed by atoms with Gasteiger partial charge in [-0.3, -0.25) is 4.79 Å². The van der Waals surface area contributed by atoms with Gasteiger partial charge in [-0.25, -0.2) is 4.39 Å². The molecule has 2 aliphatic heterocycles. The second kappa shape index (κ2) is 7.46. The minimum absolute atomic E-state index is 0.183. The lowest BCUT2D eigenvalue weighted by molar-refractivity contribution is -0.118. The van der Waals surface area contributed by atoms with E-state index in [1.807, 2.05) is 29.2 Å². The third kappa shape index (κ3) is 3.44. The minimum atomic E-state index is -0.238. The van der Waals surface area contributed by atoms with E-state index in [1.54, 1.807) is 12.1 Å². The zero-order valence-corrected chi connectivity index (χ0v) is 14.9. The van der Waals surface area contributed by atoms with Crippen molar-refractivity contribution in [3.63, 3.8) is 0 Å². The summed E-state index contributed by atoms with van der Waals surface area (Å²) in [5, 5.41) is 0. The molecule has 1 amide bonds. The summed E-state index contributed by atoms with van der Waals surface area (Å²) in [5.74, 6) is -0.0548. The molecule has 4 nitrogen and oxygen atoms in total. The molecule has 0 unspecified atom stereocenters. The first-order valence-corrected chi connectivity index (χ1v) is 9.37. The molecule has 0 saturated carbocycles. The maximum absolute atomic E-state index is 13.3. The summed E-state index contributed by atoms with van der Waals surface area (Å²) in [6, 6.07) is 14.5. The smallest absolute Gasteiger partial charge is 0.228 e. The van der Waals surface area contributed by atoms with Gasteiger partial charge in [0.1, 0.15) is 5.82 Å². The number of halogens is 1. The number of nitrogens with zero attached hydrogens (tertiary/aromatic N) is 3. The van der Waals surface area contributed by atoms with E-state index in [4.69, 9.17) is 0 Å². The molecule has 0 atom stereocenters. The Balaban J connectivity index is 1.53. The number of rotatable bonds is 4. The van der Waals surface area contributed by atoms with Gasteiger partial charge in [0.15, 0.2) is 0 Å². The number of para-hydroxylation sites is 2. The van der Waals surface area contributed by atoms with Gasteiger partial charge in [0.05, 0.1) is 11.4 Å². The van der Waals surface area contributed by atoms with Crippen molar-refractivity contribution >= 4 is 23.0 Å². The average molecular weight is 353 g/mol. The zero-order chi connectivity index (χ0) is 17.9. The Labute approximate surface area is 153 Å². The summed E-state index contributed by atoms with van der Waals surface area (Å²) < 4.78 is 13.3. The van der Waals surface area contributed by atoms with Crippen molar-refractivity contribution in [3.05, 3.63) is 54.3 Å². The molecule has 2 aromatic carbocycles. The van der Waals surface area contributed by atoms with Crippen LogP contribution in [0.4, 0.5) is 21.5 Å². The van der Waals surface area contributed by atoms with Crippen LogP contribution >= 0.6 is 0 Å². The van der Waals surface area contributed by atoms with Crippen LogP contribution < -0.4 is 9.80 Å². The van der Waals surface area contributed by atoms with Gasteiger partial charge < -0.3 is 14.7 Å². The molecule has 0 aliphatic carbocycles. The van der Waals surface area contributed by atoms with Gasteiger partial charge in [0.2, 0.25) is 5.91 Å². The number of carbonyl (C=O) groups is 1. The number of hydrogen-bond acceptors (Lipinski definition) is 3. The van der Waals surface area contributed by atoms with Gasteiger partial charge in [-0.15, -0.1) is 0 Å². The van der Waals surface area contributed by atoms with E-state index in [2.05, 4.69) is 9.80 Å². The van der Waals surface area contributed by atoms with Gasteiger partial charge in [0, 0.05) is 31.7 Å². The van der Waals surface area contributed by atoms with Crippen LogP contribution in [-0.2, 0) is 4.79 Å². The van der Waals surface area contributed by atoms with E-state index in [0.29, 0.717) is 19.5 Å². The van der Waals surface area contributed by atoms with Crippen molar-refractivity contribution < 1.29 is 9.18 Å². The lowest BCUT2D eigenvalue weighted by atomic mass is 10.1. The monoisotopic (exact) mass is 353 g/mol. The highest BCUT2D eigenvalue weighted by molar-refractivity contribution is 5.98. The fourth-order valence-electron chi connectivity index (χ4n) is 3.90. The number of fused-ring (bicyclic) bond motifs is 1. The van der Waals surface area contributed by atoms with Gasteiger partial charge in [-0.05, 0) is 62.3 Å². The zero-order valence-electron chi connectivity index (χ0n) is 14.9. The first kappa shape index (κ1) is 17.0. The highest BCUT2D eigenvalue weighted by Gasteiger charge is 2.27. The molecule has 2 heterocycles. The molecule has 1 fully saturated rings. The number of amides is 1. The molecule has 2 aromatic rings. The molecule has 0 aromatic heterocycles. The van der Waals surface area contributed by atoms with Gasteiger partial charge in [-0.1, -0.05) is 12.1 Å². The topological polar surface area (TPSA) is 26.8 Å². The van der Waals surface area contributed by atoms with Crippen molar-refractivity contribution in [1.29, 1.82) is 0 Å². The molecule has 0 spiro atoms. The van der Waals surface area contributed by atoms with Gasteiger partial charge >= 0.3 is 0 Å². The average Bonchev–Trinajstić information content (AvgIpc) is 3.20. The Morgan fingerprint density at radius 2 is 1.58 bits per heavy atom. The Morgan fingerprint density at radius 1 is 0.885 bits per heavy atom. The minimum Gasteiger partial charge on any atom is -0.338 e. The summed E-state index contributed by atoms with van der Waals surface area (Å²) in [7, 11) is 0. The molecule has 4 rings (SSSR count).